The zero-order chi connectivity index (χ0) is 10.8. The van der Waals surface area contributed by atoms with E-state index in [0.717, 1.165) is 18.6 Å². The van der Waals surface area contributed by atoms with Gasteiger partial charge in [-0.2, -0.15) is 5.10 Å². The lowest BCUT2D eigenvalue weighted by Gasteiger charge is -2.23. The SMILES string of the molecule is CC1OCCC1C(NN)c1cnn(C)c1. The van der Waals surface area contributed by atoms with Crippen LogP contribution in [-0.2, 0) is 11.8 Å². The first-order chi connectivity index (χ1) is 7.22. The first kappa shape index (κ1) is 10.6. The number of hydrazine groups is 1. The number of nitrogens with two attached hydrogens (primary N) is 1. The van der Waals surface area contributed by atoms with Crippen LogP contribution in [0.15, 0.2) is 12.4 Å². The molecular formula is C10H18N4O. The maximum atomic E-state index is 5.61. The van der Waals surface area contributed by atoms with E-state index in [1.54, 1.807) is 4.68 Å². The van der Waals surface area contributed by atoms with Gasteiger partial charge in [-0.25, -0.2) is 0 Å². The topological polar surface area (TPSA) is 65.1 Å². The Morgan fingerprint density at radius 3 is 3.00 bits per heavy atom. The smallest absolute Gasteiger partial charge is 0.0594 e. The van der Waals surface area contributed by atoms with Crippen LogP contribution in [0.5, 0.6) is 0 Å². The Kier molecular flexibility index (Phi) is 3.04. The maximum Gasteiger partial charge on any atom is 0.0594 e. The molecule has 1 aromatic heterocycles. The minimum Gasteiger partial charge on any atom is -0.378 e. The molecule has 0 spiro atoms. The molecule has 1 aliphatic rings. The predicted molar refractivity (Wildman–Crippen MR) is 56.8 cm³/mol. The van der Waals surface area contributed by atoms with E-state index in [-0.39, 0.29) is 12.1 Å². The van der Waals surface area contributed by atoms with Crippen LogP contribution in [0.25, 0.3) is 0 Å². The quantitative estimate of drug-likeness (QED) is 0.558. The summed E-state index contributed by atoms with van der Waals surface area (Å²) >= 11 is 0. The third-order valence-corrected chi connectivity index (χ3v) is 3.13. The lowest BCUT2D eigenvalue weighted by Crippen LogP contribution is -2.36. The number of nitrogens with zero attached hydrogens (tertiary/aromatic N) is 2. The van der Waals surface area contributed by atoms with Crippen molar-refractivity contribution in [3.05, 3.63) is 18.0 Å². The molecule has 1 aliphatic heterocycles. The van der Waals surface area contributed by atoms with Crippen LogP contribution in [0.2, 0.25) is 0 Å². The number of aryl methyl sites for hydroxylation is 1. The summed E-state index contributed by atoms with van der Waals surface area (Å²) in [4.78, 5) is 0. The van der Waals surface area contributed by atoms with Crippen molar-refractivity contribution < 1.29 is 4.74 Å². The third-order valence-electron chi connectivity index (χ3n) is 3.13. The Labute approximate surface area is 89.6 Å². The van der Waals surface area contributed by atoms with Gasteiger partial charge >= 0.3 is 0 Å². The highest BCUT2D eigenvalue weighted by Crippen LogP contribution is 2.32. The Balaban J connectivity index is 2.16. The second kappa shape index (κ2) is 4.30. The molecule has 1 saturated heterocycles. The van der Waals surface area contributed by atoms with Gasteiger partial charge < -0.3 is 4.74 Å². The largest absolute Gasteiger partial charge is 0.378 e. The van der Waals surface area contributed by atoms with Gasteiger partial charge in [0.1, 0.15) is 0 Å². The fraction of sp³-hybridized carbons (Fsp3) is 0.700. The summed E-state index contributed by atoms with van der Waals surface area (Å²) in [5.41, 5.74) is 4.00. The molecule has 0 bridgehead atoms. The average molecular weight is 210 g/mol. The summed E-state index contributed by atoms with van der Waals surface area (Å²) in [7, 11) is 1.91. The molecule has 5 nitrogen and oxygen atoms in total. The standard InChI is InChI=1S/C10H18N4O/c1-7-9(3-4-15-7)10(13-11)8-5-12-14(2)6-8/h5-7,9-10,13H,3-4,11H2,1-2H3. The molecule has 3 N–H and O–H groups in total. The van der Waals surface area contributed by atoms with Gasteiger partial charge in [0.25, 0.3) is 0 Å². The summed E-state index contributed by atoms with van der Waals surface area (Å²) < 4.78 is 7.35. The van der Waals surface area contributed by atoms with Crippen molar-refractivity contribution in [1.82, 2.24) is 15.2 Å². The highest BCUT2D eigenvalue weighted by atomic mass is 16.5. The maximum absolute atomic E-state index is 5.61. The lowest BCUT2D eigenvalue weighted by atomic mass is 9.90. The molecule has 0 amide bonds. The Morgan fingerprint density at radius 1 is 1.73 bits per heavy atom. The summed E-state index contributed by atoms with van der Waals surface area (Å²) in [5, 5.41) is 4.16. The fourth-order valence-corrected chi connectivity index (χ4v) is 2.25. The summed E-state index contributed by atoms with van der Waals surface area (Å²) in [6.45, 7) is 2.92. The molecule has 1 aromatic rings. The van der Waals surface area contributed by atoms with Crippen LogP contribution < -0.4 is 11.3 Å². The normalized spacial score (nSPS) is 28.2. The Morgan fingerprint density at radius 2 is 2.53 bits per heavy atom. The number of nitrogens with one attached hydrogen (secondary N) is 1. The number of ether oxygens (including phenoxy) is 1. The summed E-state index contributed by atoms with van der Waals surface area (Å²) in [5.74, 6) is 6.04. The van der Waals surface area contributed by atoms with Crippen LogP contribution in [0.3, 0.4) is 0 Å². The van der Waals surface area contributed by atoms with E-state index in [1.807, 2.05) is 19.4 Å². The third kappa shape index (κ3) is 2.04. The van der Waals surface area contributed by atoms with E-state index in [1.165, 1.54) is 0 Å². The van der Waals surface area contributed by atoms with Crippen LogP contribution in [0.4, 0.5) is 0 Å². The second-order valence-electron chi connectivity index (χ2n) is 4.12. The lowest BCUT2D eigenvalue weighted by molar-refractivity contribution is 0.0954. The number of rotatable bonds is 3. The number of hydrogen-bond donors (Lipinski definition) is 2. The molecule has 2 heterocycles. The number of hydrogen-bond acceptors (Lipinski definition) is 4. The van der Waals surface area contributed by atoms with Crippen LogP contribution in [0, 0.1) is 5.92 Å². The van der Waals surface area contributed by atoms with Crippen molar-refractivity contribution in [2.24, 2.45) is 18.8 Å². The van der Waals surface area contributed by atoms with Crippen molar-refractivity contribution >= 4 is 0 Å². The zero-order valence-electron chi connectivity index (χ0n) is 9.18. The van der Waals surface area contributed by atoms with Gasteiger partial charge in [-0.3, -0.25) is 16.0 Å². The molecule has 3 unspecified atom stereocenters. The highest BCUT2D eigenvalue weighted by Gasteiger charge is 2.32. The van der Waals surface area contributed by atoms with E-state index in [2.05, 4.69) is 17.4 Å². The highest BCUT2D eigenvalue weighted by molar-refractivity contribution is 5.12. The molecular weight excluding hydrogens is 192 g/mol. The van der Waals surface area contributed by atoms with Crippen molar-refractivity contribution in [2.45, 2.75) is 25.5 Å². The van der Waals surface area contributed by atoms with E-state index in [9.17, 15) is 0 Å². The van der Waals surface area contributed by atoms with E-state index in [4.69, 9.17) is 10.6 Å². The van der Waals surface area contributed by atoms with Gasteiger partial charge in [-0.15, -0.1) is 0 Å². The second-order valence-corrected chi connectivity index (χ2v) is 4.12. The Bertz CT molecular complexity index is 325. The molecule has 2 rings (SSSR count). The fourth-order valence-electron chi connectivity index (χ4n) is 2.25. The summed E-state index contributed by atoms with van der Waals surface area (Å²) in [6.07, 6.45) is 5.15. The van der Waals surface area contributed by atoms with Crippen LogP contribution in [0.1, 0.15) is 24.9 Å². The summed E-state index contributed by atoms with van der Waals surface area (Å²) in [6, 6.07) is 0.135. The van der Waals surface area contributed by atoms with Crippen molar-refractivity contribution in [1.29, 1.82) is 0 Å². The molecule has 0 aliphatic carbocycles. The Hall–Kier alpha value is -0.910. The van der Waals surface area contributed by atoms with Gasteiger partial charge in [0.05, 0.1) is 18.3 Å². The molecule has 1 fully saturated rings. The first-order valence-corrected chi connectivity index (χ1v) is 5.28. The van der Waals surface area contributed by atoms with Gasteiger partial charge in [0.2, 0.25) is 0 Å². The molecule has 0 aromatic carbocycles. The van der Waals surface area contributed by atoms with E-state index in [0.29, 0.717) is 5.92 Å². The minimum atomic E-state index is 0.135. The van der Waals surface area contributed by atoms with Crippen LogP contribution >= 0.6 is 0 Å². The monoisotopic (exact) mass is 210 g/mol. The molecule has 15 heavy (non-hydrogen) atoms. The molecule has 0 saturated carbocycles. The number of aromatic nitrogens is 2. The van der Waals surface area contributed by atoms with Crippen molar-refractivity contribution in [3.8, 4) is 0 Å². The van der Waals surface area contributed by atoms with Crippen molar-refractivity contribution in [3.63, 3.8) is 0 Å². The van der Waals surface area contributed by atoms with E-state index < -0.39 is 0 Å². The van der Waals surface area contributed by atoms with Gasteiger partial charge in [0.15, 0.2) is 0 Å². The zero-order valence-corrected chi connectivity index (χ0v) is 9.18. The molecule has 3 atom stereocenters. The van der Waals surface area contributed by atoms with Crippen LogP contribution in [-0.4, -0.2) is 22.5 Å². The van der Waals surface area contributed by atoms with Gasteiger partial charge in [-0.1, -0.05) is 0 Å². The molecule has 0 radical (unpaired) electrons. The van der Waals surface area contributed by atoms with Gasteiger partial charge in [-0.05, 0) is 13.3 Å². The average Bonchev–Trinajstić information content (AvgIpc) is 2.79. The molecule has 5 heteroatoms. The van der Waals surface area contributed by atoms with Crippen molar-refractivity contribution in [2.75, 3.05) is 6.61 Å². The predicted octanol–water partition coefficient (Wildman–Crippen LogP) is 0.350. The molecule has 84 valence electrons. The first-order valence-electron chi connectivity index (χ1n) is 5.28. The minimum absolute atomic E-state index is 0.135. The van der Waals surface area contributed by atoms with Gasteiger partial charge in [0, 0.05) is 31.3 Å². The van der Waals surface area contributed by atoms with E-state index >= 15 is 0 Å².